The normalized spacial score (nSPS) is 15.2. The fourth-order valence-electron chi connectivity index (χ4n) is 2.57. The predicted molar refractivity (Wildman–Crippen MR) is 93.3 cm³/mol. The number of nitrogens with zero attached hydrogens (tertiary/aromatic N) is 3. The summed E-state index contributed by atoms with van der Waals surface area (Å²) in [5.74, 6) is 1.21. The molecule has 0 saturated carbocycles. The second kappa shape index (κ2) is 8.61. The topological polar surface area (TPSA) is 59.5 Å². The van der Waals surface area contributed by atoms with Crippen LogP contribution in [-0.4, -0.2) is 54.3 Å². The smallest absolute Gasteiger partial charge is 0.226 e. The minimum Gasteiger partial charge on any atom is -0.476 e. The molecule has 6 heteroatoms. The molecule has 3 rings (SSSR count). The lowest BCUT2D eigenvalue weighted by atomic mass is 10.2. The summed E-state index contributed by atoms with van der Waals surface area (Å²) in [5, 5.41) is 3.25. The molecule has 0 amide bonds. The summed E-state index contributed by atoms with van der Waals surface area (Å²) >= 11 is 0. The Hall–Kier alpha value is -2.18. The first-order chi connectivity index (χ1) is 11.8. The number of hydrogen-bond donors (Lipinski definition) is 1. The molecular weight excluding hydrogens is 304 g/mol. The van der Waals surface area contributed by atoms with Gasteiger partial charge in [-0.15, -0.1) is 0 Å². The number of morpholine rings is 1. The van der Waals surface area contributed by atoms with Crippen LogP contribution in [0.1, 0.15) is 11.3 Å². The fourth-order valence-corrected chi connectivity index (χ4v) is 2.57. The molecule has 1 aliphatic heterocycles. The van der Waals surface area contributed by atoms with Crippen molar-refractivity contribution in [2.24, 2.45) is 0 Å². The molecule has 128 valence electrons. The number of anilines is 1. The fraction of sp³-hybridized carbons (Fsp3) is 0.444. The van der Waals surface area contributed by atoms with E-state index >= 15 is 0 Å². The molecule has 2 heterocycles. The molecule has 24 heavy (non-hydrogen) atoms. The van der Waals surface area contributed by atoms with Crippen LogP contribution in [0.25, 0.3) is 0 Å². The second-order valence-electron chi connectivity index (χ2n) is 5.81. The third kappa shape index (κ3) is 5.18. The summed E-state index contributed by atoms with van der Waals surface area (Å²) in [6, 6.07) is 12.1. The molecule has 6 nitrogen and oxygen atoms in total. The Balaban J connectivity index is 1.51. The van der Waals surface area contributed by atoms with Gasteiger partial charge in [-0.05, 0) is 12.5 Å². The summed E-state index contributed by atoms with van der Waals surface area (Å²) in [5.41, 5.74) is 2.08. The van der Waals surface area contributed by atoms with Gasteiger partial charge in [-0.2, -0.15) is 4.98 Å². The zero-order valence-electron chi connectivity index (χ0n) is 14.1. The van der Waals surface area contributed by atoms with Crippen molar-refractivity contribution in [2.75, 3.05) is 44.8 Å². The van der Waals surface area contributed by atoms with E-state index in [1.54, 1.807) is 0 Å². The van der Waals surface area contributed by atoms with Gasteiger partial charge in [-0.25, -0.2) is 4.98 Å². The Kier molecular flexibility index (Phi) is 5.98. The molecule has 1 N–H and O–H groups in total. The predicted octanol–water partition coefficient (Wildman–Crippen LogP) is 2.11. The van der Waals surface area contributed by atoms with Crippen molar-refractivity contribution >= 4 is 5.95 Å². The average Bonchev–Trinajstić information content (AvgIpc) is 2.61. The third-order valence-corrected chi connectivity index (χ3v) is 3.89. The van der Waals surface area contributed by atoms with Crippen molar-refractivity contribution in [3.8, 4) is 5.88 Å². The molecule has 0 aliphatic carbocycles. The maximum atomic E-state index is 5.81. The number of hydrogen-bond acceptors (Lipinski definition) is 6. The van der Waals surface area contributed by atoms with Crippen LogP contribution in [-0.2, 0) is 11.3 Å². The van der Waals surface area contributed by atoms with Crippen molar-refractivity contribution in [2.45, 2.75) is 13.5 Å². The third-order valence-electron chi connectivity index (χ3n) is 3.89. The summed E-state index contributed by atoms with van der Waals surface area (Å²) in [4.78, 5) is 11.2. The summed E-state index contributed by atoms with van der Waals surface area (Å²) < 4.78 is 11.2. The van der Waals surface area contributed by atoms with Crippen molar-refractivity contribution in [3.05, 3.63) is 47.7 Å². The molecule has 1 saturated heterocycles. The van der Waals surface area contributed by atoms with Crippen molar-refractivity contribution in [1.29, 1.82) is 0 Å². The minimum absolute atomic E-state index is 0.597. The second-order valence-corrected chi connectivity index (χ2v) is 5.81. The van der Waals surface area contributed by atoms with E-state index in [9.17, 15) is 0 Å². The molecule has 0 spiro atoms. The van der Waals surface area contributed by atoms with Gasteiger partial charge in [-0.3, -0.25) is 4.90 Å². The van der Waals surface area contributed by atoms with Gasteiger partial charge in [0.1, 0.15) is 6.61 Å². The van der Waals surface area contributed by atoms with E-state index in [0.717, 1.165) is 38.5 Å². The molecule has 0 unspecified atom stereocenters. The van der Waals surface area contributed by atoms with Crippen LogP contribution in [0, 0.1) is 6.92 Å². The lowest BCUT2D eigenvalue weighted by molar-refractivity contribution is 0.0320. The minimum atomic E-state index is 0.597. The van der Waals surface area contributed by atoms with Crippen LogP contribution in [0.2, 0.25) is 0 Å². The Labute approximate surface area is 142 Å². The Bertz CT molecular complexity index is 630. The first-order valence-electron chi connectivity index (χ1n) is 8.36. The average molecular weight is 328 g/mol. The number of benzene rings is 1. The summed E-state index contributed by atoms with van der Waals surface area (Å²) in [6.45, 7) is 7.70. The largest absolute Gasteiger partial charge is 0.476 e. The summed E-state index contributed by atoms with van der Waals surface area (Å²) in [6.07, 6.45) is 0. The van der Waals surface area contributed by atoms with Crippen LogP contribution in [0.4, 0.5) is 5.95 Å². The number of aryl methyl sites for hydroxylation is 1. The SMILES string of the molecule is Cc1cc(OCCN2CCOCC2)nc(NCc2ccccc2)n1. The van der Waals surface area contributed by atoms with Gasteiger partial charge < -0.3 is 14.8 Å². The molecule has 1 fully saturated rings. The molecule has 0 atom stereocenters. The van der Waals surface area contributed by atoms with Crippen LogP contribution in [0.5, 0.6) is 5.88 Å². The zero-order valence-corrected chi connectivity index (χ0v) is 14.1. The quantitative estimate of drug-likeness (QED) is 0.840. The number of aromatic nitrogens is 2. The van der Waals surface area contributed by atoms with E-state index in [2.05, 4.69) is 32.3 Å². The van der Waals surface area contributed by atoms with Gasteiger partial charge in [0.2, 0.25) is 11.8 Å². The van der Waals surface area contributed by atoms with Crippen LogP contribution >= 0.6 is 0 Å². The highest BCUT2D eigenvalue weighted by atomic mass is 16.5. The highest BCUT2D eigenvalue weighted by Crippen LogP contribution is 2.13. The standard InChI is InChI=1S/C18H24N4O2/c1-15-13-17(24-12-9-22-7-10-23-11-8-22)21-18(20-15)19-14-16-5-3-2-4-6-16/h2-6,13H,7-12,14H2,1H3,(H,19,20,21). The Morgan fingerprint density at radius 3 is 2.75 bits per heavy atom. The van der Waals surface area contributed by atoms with Gasteiger partial charge in [0.25, 0.3) is 0 Å². The molecule has 1 aromatic carbocycles. The first kappa shape index (κ1) is 16.7. The van der Waals surface area contributed by atoms with Crippen LogP contribution in [0.15, 0.2) is 36.4 Å². The zero-order chi connectivity index (χ0) is 16.6. The molecule has 0 bridgehead atoms. The highest BCUT2D eigenvalue weighted by molar-refractivity contribution is 5.32. The van der Waals surface area contributed by atoms with Crippen molar-refractivity contribution < 1.29 is 9.47 Å². The van der Waals surface area contributed by atoms with Gasteiger partial charge in [0, 0.05) is 37.9 Å². The molecular formula is C18H24N4O2. The maximum Gasteiger partial charge on any atom is 0.226 e. The molecule has 1 aromatic heterocycles. The monoisotopic (exact) mass is 328 g/mol. The van der Waals surface area contributed by atoms with E-state index in [-0.39, 0.29) is 0 Å². The first-order valence-corrected chi connectivity index (χ1v) is 8.36. The van der Waals surface area contributed by atoms with Crippen molar-refractivity contribution in [3.63, 3.8) is 0 Å². The lowest BCUT2D eigenvalue weighted by Crippen LogP contribution is -2.38. The van der Waals surface area contributed by atoms with E-state index in [0.29, 0.717) is 25.0 Å². The number of rotatable bonds is 7. The van der Waals surface area contributed by atoms with Gasteiger partial charge in [0.05, 0.1) is 13.2 Å². The molecule has 1 aliphatic rings. The van der Waals surface area contributed by atoms with Crippen LogP contribution in [0.3, 0.4) is 0 Å². The Morgan fingerprint density at radius 1 is 1.17 bits per heavy atom. The molecule has 0 radical (unpaired) electrons. The number of nitrogens with one attached hydrogen (secondary N) is 1. The van der Waals surface area contributed by atoms with Gasteiger partial charge in [-0.1, -0.05) is 30.3 Å². The lowest BCUT2D eigenvalue weighted by Gasteiger charge is -2.26. The van der Waals surface area contributed by atoms with Gasteiger partial charge in [0.15, 0.2) is 0 Å². The van der Waals surface area contributed by atoms with E-state index < -0.39 is 0 Å². The Morgan fingerprint density at radius 2 is 1.96 bits per heavy atom. The van der Waals surface area contributed by atoms with E-state index in [1.807, 2.05) is 31.2 Å². The summed E-state index contributed by atoms with van der Waals surface area (Å²) in [7, 11) is 0. The van der Waals surface area contributed by atoms with E-state index in [1.165, 1.54) is 5.56 Å². The molecule has 2 aromatic rings. The number of ether oxygens (including phenoxy) is 2. The van der Waals surface area contributed by atoms with E-state index in [4.69, 9.17) is 9.47 Å². The highest BCUT2D eigenvalue weighted by Gasteiger charge is 2.10. The maximum absolute atomic E-state index is 5.81. The van der Waals surface area contributed by atoms with Gasteiger partial charge >= 0.3 is 0 Å². The van der Waals surface area contributed by atoms with Crippen molar-refractivity contribution in [1.82, 2.24) is 14.9 Å². The van der Waals surface area contributed by atoms with Crippen LogP contribution < -0.4 is 10.1 Å².